The SMILES string of the molecule is Cc1cccc(NC(=O)Cn2c(C)cc(=O)c3cccc(F)c32)c1C. The van der Waals surface area contributed by atoms with E-state index in [4.69, 9.17) is 0 Å². The smallest absolute Gasteiger partial charge is 0.244 e. The summed E-state index contributed by atoms with van der Waals surface area (Å²) in [6.07, 6.45) is 0. The molecule has 1 aromatic heterocycles. The monoisotopic (exact) mass is 338 g/mol. The lowest BCUT2D eigenvalue weighted by atomic mass is 10.1. The number of halogens is 1. The van der Waals surface area contributed by atoms with Gasteiger partial charge in [-0.3, -0.25) is 9.59 Å². The van der Waals surface area contributed by atoms with E-state index in [1.54, 1.807) is 13.0 Å². The normalized spacial score (nSPS) is 10.9. The summed E-state index contributed by atoms with van der Waals surface area (Å²) in [7, 11) is 0. The van der Waals surface area contributed by atoms with Gasteiger partial charge in [0, 0.05) is 22.8 Å². The molecule has 0 saturated heterocycles. The highest BCUT2D eigenvalue weighted by Crippen LogP contribution is 2.19. The minimum absolute atomic E-state index is 0.0725. The van der Waals surface area contributed by atoms with Gasteiger partial charge in [0.2, 0.25) is 5.91 Å². The van der Waals surface area contributed by atoms with E-state index in [1.165, 1.54) is 22.8 Å². The molecule has 0 atom stereocenters. The van der Waals surface area contributed by atoms with E-state index in [9.17, 15) is 14.0 Å². The molecule has 0 fully saturated rings. The zero-order valence-corrected chi connectivity index (χ0v) is 14.4. The quantitative estimate of drug-likeness (QED) is 0.791. The average molecular weight is 338 g/mol. The Kier molecular flexibility index (Phi) is 4.40. The Hall–Kier alpha value is -2.95. The zero-order chi connectivity index (χ0) is 18.1. The highest BCUT2D eigenvalue weighted by Gasteiger charge is 2.14. The predicted molar refractivity (Wildman–Crippen MR) is 97.4 cm³/mol. The molecule has 0 aliphatic rings. The summed E-state index contributed by atoms with van der Waals surface area (Å²) in [5.41, 5.74) is 3.24. The zero-order valence-electron chi connectivity index (χ0n) is 14.4. The number of fused-ring (bicyclic) bond motifs is 1. The molecular weight excluding hydrogens is 319 g/mol. The molecule has 0 aliphatic heterocycles. The van der Waals surface area contributed by atoms with Crippen LogP contribution in [0.15, 0.2) is 47.3 Å². The van der Waals surface area contributed by atoms with Crippen LogP contribution in [0.5, 0.6) is 0 Å². The van der Waals surface area contributed by atoms with E-state index < -0.39 is 5.82 Å². The summed E-state index contributed by atoms with van der Waals surface area (Å²) in [6.45, 7) is 5.53. The van der Waals surface area contributed by atoms with E-state index in [0.29, 0.717) is 5.69 Å². The van der Waals surface area contributed by atoms with Crippen LogP contribution in [0.25, 0.3) is 10.9 Å². The number of hydrogen-bond acceptors (Lipinski definition) is 2. The maximum absolute atomic E-state index is 14.3. The molecule has 128 valence electrons. The molecule has 0 radical (unpaired) electrons. The van der Waals surface area contributed by atoms with Crippen LogP contribution in [0.1, 0.15) is 16.8 Å². The number of carbonyl (C=O) groups excluding carboxylic acids is 1. The van der Waals surface area contributed by atoms with Crippen LogP contribution in [-0.2, 0) is 11.3 Å². The van der Waals surface area contributed by atoms with Crippen LogP contribution in [0.3, 0.4) is 0 Å². The Morgan fingerprint density at radius 3 is 2.60 bits per heavy atom. The Morgan fingerprint density at radius 1 is 1.12 bits per heavy atom. The number of hydrogen-bond donors (Lipinski definition) is 1. The van der Waals surface area contributed by atoms with Gasteiger partial charge in [-0.25, -0.2) is 4.39 Å². The van der Waals surface area contributed by atoms with Gasteiger partial charge >= 0.3 is 0 Å². The fourth-order valence-corrected chi connectivity index (χ4v) is 2.93. The average Bonchev–Trinajstić information content (AvgIpc) is 2.56. The lowest BCUT2D eigenvalue weighted by molar-refractivity contribution is -0.116. The van der Waals surface area contributed by atoms with Crippen LogP contribution < -0.4 is 10.7 Å². The number of nitrogens with zero attached hydrogens (tertiary/aromatic N) is 1. The number of aryl methyl sites for hydroxylation is 2. The van der Waals surface area contributed by atoms with Gasteiger partial charge in [-0.05, 0) is 50.1 Å². The summed E-state index contributed by atoms with van der Waals surface area (Å²) in [5, 5.41) is 3.13. The minimum Gasteiger partial charge on any atom is -0.333 e. The molecule has 3 aromatic rings. The summed E-state index contributed by atoms with van der Waals surface area (Å²) in [6, 6.07) is 11.5. The molecule has 1 N–H and O–H groups in total. The molecule has 0 bridgehead atoms. The van der Waals surface area contributed by atoms with Crippen molar-refractivity contribution < 1.29 is 9.18 Å². The highest BCUT2D eigenvalue weighted by molar-refractivity contribution is 5.92. The number of pyridine rings is 1. The molecule has 1 heterocycles. The predicted octanol–water partition coefficient (Wildman–Crippen LogP) is 3.70. The van der Waals surface area contributed by atoms with Gasteiger partial charge in [-0.15, -0.1) is 0 Å². The van der Waals surface area contributed by atoms with Crippen molar-refractivity contribution in [2.45, 2.75) is 27.3 Å². The number of nitrogens with one attached hydrogen (secondary N) is 1. The molecule has 1 amide bonds. The van der Waals surface area contributed by atoms with Gasteiger partial charge in [-0.2, -0.15) is 0 Å². The second-order valence-corrected chi connectivity index (χ2v) is 6.17. The van der Waals surface area contributed by atoms with E-state index in [1.807, 2.05) is 32.0 Å². The third kappa shape index (κ3) is 3.18. The van der Waals surface area contributed by atoms with Crippen molar-refractivity contribution in [3.8, 4) is 0 Å². The van der Waals surface area contributed by atoms with Crippen molar-refractivity contribution in [1.29, 1.82) is 0 Å². The Morgan fingerprint density at radius 2 is 1.84 bits per heavy atom. The maximum atomic E-state index is 14.3. The second kappa shape index (κ2) is 6.51. The van der Waals surface area contributed by atoms with Gasteiger partial charge < -0.3 is 9.88 Å². The molecule has 0 spiro atoms. The van der Waals surface area contributed by atoms with Crippen molar-refractivity contribution in [3.05, 3.63) is 75.3 Å². The lowest BCUT2D eigenvalue weighted by Crippen LogP contribution is -2.23. The van der Waals surface area contributed by atoms with E-state index in [-0.39, 0.29) is 28.8 Å². The molecule has 2 aromatic carbocycles. The summed E-state index contributed by atoms with van der Waals surface area (Å²) in [5.74, 6) is -0.789. The maximum Gasteiger partial charge on any atom is 0.244 e. The number of benzene rings is 2. The van der Waals surface area contributed by atoms with Crippen molar-refractivity contribution >= 4 is 22.5 Å². The van der Waals surface area contributed by atoms with Gasteiger partial charge in [0.05, 0.1) is 5.52 Å². The first-order valence-corrected chi connectivity index (χ1v) is 8.03. The third-order valence-electron chi connectivity index (χ3n) is 4.47. The van der Waals surface area contributed by atoms with Crippen molar-refractivity contribution in [3.63, 3.8) is 0 Å². The number of anilines is 1. The van der Waals surface area contributed by atoms with Gasteiger partial charge in [0.15, 0.2) is 5.43 Å². The van der Waals surface area contributed by atoms with E-state index in [0.717, 1.165) is 16.8 Å². The minimum atomic E-state index is -0.516. The number of carbonyl (C=O) groups is 1. The Balaban J connectivity index is 1.99. The molecule has 0 aliphatic carbocycles. The van der Waals surface area contributed by atoms with Crippen LogP contribution in [0, 0.1) is 26.6 Å². The first kappa shape index (κ1) is 16.9. The largest absolute Gasteiger partial charge is 0.333 e. The number of para-hydroxylation sites is 1. The number of rotatable bonds is 3. The fraction of sp³-hybridized carbons (Fsp3) is 0.200. The van der Waals surface area contributed by atoms with E-state index >= 15 is 0 Å². The van der Waals surface area contributed by atoms with Crippen molar-refractivity contribution in [1.82, 2.24) is 4.57 Å². The first-order valence-electron chi connectivity index (χ1n) is 8.03. The van der Waals surface area contributed by atoms with Crippen LogP contribution in [0.4, 0.5) is 10.1 Å². The Bertz CT molecular complexity index is 1040. The van der Waals surface area contributed by atoms with Gasteiger partial charge in [0.25, 0.3) is 0 Å². The van der Waals surface area contributed by atoms with Crippen molar-refractivity contribution in [2.75, 3.05) is 5.32 Å². The van der Waals surface area contributed by atoms with Crippen LogP contribution >= 0.6 is 0 Å². The van der Waals surface area contributed by atoms with Crippen molar-refractivity contribution in [2.24, 2.45) is 0 Å². The third-order valence-corrected chi connectivity index (χ3v) is 4.47. The molecule has 25 heavy (non-hydrogen) atoms. The van der Waals surface area contributed by atoms with Crippen LogP contribution in [0.2, 0.25) is 0 Å². The second-order valence-electron chi connectivity index (χ2n) is 6.17. The number of aromatic nitrogens is 1. The molecule has 0 saturated carbocycles. The van der Waals surface area contributed by atoms with E-state index in [2.05, 4.69) is 5.32 Å². The van der Waals surface area contributed by atoms with Gasteiger partial charge in [-0.1, -0.05) is 18.2 Å². The molecule has 3 rings (SSSR count). The number of amides is 1. The van der Waals surface area contributed by atoms with Crippen LogP contribution in [-0.4, -0.2) is 10.5 Å². The molecule has 5 heteroatoms. The standard InChI is InChI=1S/C20H19FN2O2/c1-12-6-4-9-17(14(12)3)22-19(25)11-23-13(2)10-18(24)15-7-5-8-16(21)20(15)23/h4-10H,11H2,1-3H3,(H,22,25). The lowest BCUT2D eigenvalue weighted by Gasteiger charge is -2.16. The van der Waals surface area contributed by atoms with Gasteiger partial charge in [0.1, 0.15) is 12.4 Å². The summed E-state index contributed by atoms with van der Waals surface area (Å²) >= 11 is 0. The summed E-state index contributed by atoms with van der Waals surface area (Å²) < 4.78 is 15.8. The topological polar surface area (TPSA) is 51.1 Å². The molecule has 4 nitrogen and oxygen atoms in total. The molecular formula is C20H19FN2O2. The highest BCUT2D eigenvalue weighted by atomic mass is 19.1. The molecule has 0 unspecified atom stereocenters. The fourth-order valence-electron chi connectivity index (χ4n) is 2.93. The Labute approximate surface area is 144 Å². The summed E-state index contributed by atoms with van der Waals surface area (Å²) in [4.78, 5) is 24.6. The first-order chi connectivity index (χ1) is 11.9.